The fourth-order valence-electron chi connectivity index (χ4n) is 4.82. The van der Waals surface area contributed by atoms with E-state index in [0.29, 0.717) is 34.9 Å². The number of imidazole rings is 1. The molecule has 0 aliphatic carbocycles. The number of aromatic amines is 1. The Hall–Kier alpha value is -4.45. The molecule has 6 rings (SSSR count). The Bertz CT molecular complexity index is 1710. The first-order valence-corrected chi connectivity index (χ1v) is 11.6. The van der Waals surface area contributed by atoms with Gasteiger partial charge in [-0.15, -0.1) is 5.10 Å². The van der Waals surface area contributed by atoms with E-state index in [0.717, 1.165) is 0 Å². The number of H-pyrrole nitrogens is 1. The Morgan fingerprint density at radius 3 is 2.78 bits per heavy atom. The largest absolute Gasteiger partial charge is 0.384 e. The molecule has 0 radical (unpaired) electrons. The number of nitrogens with one attached hydrogen (secondary N) is 1. The van der Waals surface area contributed by atoms with E-state index in [1.807, 2.05) is 6.92 Å². The van der Waals surface area contributed by atoms with E-state index in [-0.39, 0.29) is 33.4 Å². The van der Waals surface area contributed by atoms with Gasteiger partial charge in [-0.3, -0.25) is 4.79 Å². The molecule has 5 aromatic rings. The molecule has 4 aromatic heterocycles. The number of nitrogen functional groups attached to an aromatic ring is 1. The average molecular weight is 522 g/mol. The average Bonchev–Trinajstić information content (AvgIpc) is 3.62. The van der Waals surface area contributed by atoms with Gasteiger partial charge in [0.1, 0.15) is 18.0 Å². The highest BCUT2D eigenvalue weighted by molar-refractivity contribution is 6.31. The Morgan fingerprint density at radius 1 is 1.19 bits per heavy atom. The van der Waals surface area contributed by atoms with Crippen LogP contribution in [0.5, 0.6) is 0 Å². The van der Waals surface area contributed by atoms with Crippen LogP contribution in [0.15, 0.2) is 53.7 Å². The van der Waals surface area contributed by atoms with Gasteiger partial charge >= 0.3 is 0 Å². The maximum atomic E-state index is 15.3. The van der Waals surface area contributed by atoms with Crippen molar-refractivity contribution in [1.82, 2.24) is 39.7 Å². The van der Waals surface area contributed by atoms with E-state index in [4.69, 9.17) is 17.3 Å². The molecule has 0 fully saturated rings. The molecule has 5 heterocycles. The molecule has 0 saturated carbocycles. The third-order valence-electron chi connectivity index (χ3n) is 6.52. The number of halogens is 3. The van der Waals surface area contributed by atoms with Gasteiger partial charge in [-0.05, 0) is 58.7 Å². The zero-order valence-electron chi connectivity index (χ0n) is 19.2. The first-order chi connectivity index (χ1) is 17.8. The lowest BCUT2D eigenvalue weighted by atomic mass is 9.99. The van der Waals surface area contributed by atoms with Gasteiger partial charge in [-0.2, -0.15) is 9.07 Å². The van der Waals surface area contributed by atoms with Crippen LogP contribution < -0.4 is 11.3 Å². The van der Waals surface area contributed by atoms with Crippen LogP contribution in [-0.4, -0.2) is 39.7 Å². The van der Waals surface area contributed by atoms with E-state index in [1.54, 1.807) is 16.7 Å². The molecule has 1 aliphatic heterocycles. The SMILES string of the molecule is C[C@@H]1C[C@@H](c2ncc(-c3ccc(N)nc3F)[nH]2)n2c1cc(-c1c(-n3cnnn3)ccc(Cl)c1F)cc2=O. The highest BCUT2D eigenvalue weighted by Crippen LogP contribution is 2.41. The van der Waals surface area contributed by atoms with Crippen molar-refractivity contribution in [3.63, 3.8) is 0 Å². The van der Waals surface area contributed by atoms with E-state index < -0.39 is 17.8 Å². The molecule has 10 nitrogen and oxygen atoms in total. The van der Waals surface area contributed by atoms with Crippen molar-refractivity contribution in [2.45, 2.75) is 25.3 Å². The molecule has 3 N–H and O–H groups in total. The summed E-state index contributed by atoms with van der Waals surface area (Å²) < 4.78 is 32.6. The van der Waals surface area contributed by atoms with Crippen molar-refractivity contribution in [1.29, 1.82) is 0 Å². The second-order valence-corrected chi connectivity index (χ2v) is 9.20. The molecule has 186 valence electrons. The van der Waals surface area contributed by atoms with Gasteiger partial charge in [0.2, 0.25) is 5.95 Å². The molecule has 0 amide bonds. The predicted octanol–water partition coefficient (Wildman–Crippen LogP) is 3.89. The summed E-state index contributed by atoms with van der Waals surface area (Å²) in [5, 5.41) is 11.0. The van der Waals surface area contributed by atoms with Gasteiger partial charge in [0.15, 0.2) is 5.82 Å². The number of tetrazole rings is 1. The Balaban J connectivity index is 1.44. The van der Waals surface area contributed by atoms with Crippen molar-refractivity contribution in [3.8, 4) is 28.1 Å². The highest BCUT2D eigenvalue weighted by atomic mass is 35.5. The fourth-order valence-corrected chi connectivity index (χ4v) is 4.98. The summed E-state index contributed by atoms with van der Waals surface area (Å²) in [5.74, 6) is -0.897. The van der Waals surface area contributed by atoms with E-state index in [9.17, 15) is 9.18 Å². The van der Waals surface area contributed by atoms with Crippen molar-refractivity contribution >= 4 is 17.4 Å². The Labute approximate surface area is 212 Å². The lowest BCUT2D eigenvalue weighted by Crippen LogP contribution is -2.24. The van der Waals surface area contributed by atoms with Gasteiger partial charge in [-0.25, -0.2) is 14.4 Å². The standard InChI is InChI=1S/C24H18ClF2N9O/c1-11-6-18(24-29-9-15(31-24)13-2-5-19(28)32-23(13)27)36-17(11)7-12(8-20(36)37)21-16(35-10-30-33-34-35)4-3-14(25)22(21)26/h2-5,7-11,18H,6H2,1H3,(H2,28,32)(H,29,31)/t11-,18+/m1/s1. The molecule has 37 heavy (non-hydrogen) atoms. The predicted molar refractivity (Wildman–Crippen MR) is 131 cm³/mol. The van der Waals surface area contributed by atoms with Gasteiger partial charge < -0.3 is 15.3 Å². The number of nitrogens with zero attached hydrogens (tertiary/aromatic N) is 7. The summed E-state index contributed by atoms with van der Waals surface area (Å²) >= 11 is 6.09. The first kappa shape index (κ1) is 23.0. The minimum Gasteiger partial charge on any atom is -0.384 e. The number of fused-ring (bicyclic) bond motifs is 1. The van der Waals surface area contributed by atoms with E-state index in [2.05, 4.69) is 30.5 Å². The summed E-state index contributed by atoms with van der Waals surface area (Å²) in [4.78, 5) is 24.6. The summed E-state index contributed by atoms with van der Waals surface area (Å²) in [6.45, 7) is 1.97. The fraction of sp³-hybridized carbons (Fsp3) is 0.167. The topological polar surface area (TPSA) is 133 Å². The van der Waals surface area contributed by atoms with Crippen LogP contribution in [0, 0.1) is 11.8 Å². The Morgan fingerprint density at radius 2 is 2.03 bits per heavy atom. The minimum absolute atomic E-state index is 0.0557. The van der Waals surface area contributed by atoms with Crippen molar-refractivity contribution in [2.75, 3.05) is 5.73 Å². The van der Waals surface area contributed by atoms with Crippen LogP contribution in [0.25, 0.3) is 28.1 Å². The van der Waals surface area contributed by atoms with Gasteiger partial charge in [0, 0.05) is 17.3 Å². The molecular weight excluding hydrogens is 504 g/mol. The second kappa shape index (κ2) is 8.59. The van der Waals surface area contributed by atoms with Gasteiger partial charge in [0.25, 0.3) is 5.56 Å². The zero-order valence-corrected chi connectivity index (χ0v) is 20.0. The minimum atomic E-state index is -0.723. The molecule has 0 spiro atoms. The molecule has 0 bridgehead atoms. The molecule has 0 unspecified atom stereocenters. The smallest absolute Gasteiger partial charge is 0.252 e. The molecule has 1 aliphatic rings. The summed E-state index contributed by atoms with van der Waals surface area (Å²) in [7, 11) is 0. The second-order valence-electron chi connectivity index (χ2n) is 8.80. The third-order valence-corrected chi connectivity index (χ3v) is 6.81. The van der Waals surface area contributed by atoms with Crippen LogP contribution in [0.2, 0.25) is 5.02 Å². The summed E-state index contributed by atoms with van der Waals surface area (Å²) in [6, 6.07) is 8.70. The lowest BCUT2D eigenvalue weighted by Gasteiger charge is -2.16. The normalized spacial score (nSPS) is 16.8. The third kappa shape index (κ3) is 3.76. The van der Waals surface area contributed by atoms with Crippen LogP contribution in [0.4, 0.5) is 14.6 Å². The Kier molecular flexibility index (Phi) is 5.33. The van der Waals surface area contributed by atoms with Crippen molar-refractivity contribution in [2.24, 2.45) is 0 Å². The van der Waals surface area contributed by atoms with Gasteiger partial charge in [0.05, 0.1) is 34.2 Å². The number of anilines is 1. The van der Waals surface area contributed by atoms with Crippen molar-refractivity contribution in [3.05, 3.63) is 87.6 Å². The molecule has 1 aromatic carbocycles. The maximum Gasteiger partial charge on any atom is 0.252 e. The van der Waals surface area contributed by atoms with E-state index in [1.165, 1.54) is 41.5 Å². The number of aromatic nitrogens is 8. The maximum absolute atomic E-state index is 15.3. The number of nitrogens with two attached hydrogens (primary N) is 1. The van der Waals surface area contributed by atoms with E-state index >= 15 is 4.39 Å². The highest BCUT2D eigenvalue weighted by Gasteiger charge is 2.33. The van der Waals surface area contributed by atoms with Gasteiger partial charge in [-0.1, -0.05) is 18.5 Å². The summed E-state index contributed by atoms with van der Waals surface area (Å²) in [6.07, 6.45) is 3.39. The molecule has 0 saturated heterocycles. The molecule has 13 heteroatoms. The first-order valence-electron chi connectivity index (χ1n) is 11.3. The van der Waals surface area contributed by atoms with Crippen LogP contribution in [0.3, 0.4) is 0 Å². The van der Waals surface area contributed by atoms with Crippen LogP contribution in [0.1, 0.15) is 36.8 Å². The summed E-state index contributed by atoms with van der Waals surface area (Å²) in [5.41, 5.74) is 7.34. The monoisotopic (exact) mass is 521 g/mol. The molecular formula is C24H18ClF2N9O. The van der Waals surface area contributed by atoms with Crippen LogP contribution >= 0.6 is 11.6 Å². The van der Waals surface area contributed by atoms with Crippen LogP contribution in [-0.2, 0) is 0 Å². The number of pyridine rings is 2. The number of benzene rings is 1. The number of hydrogen-bond donors (Lipinski definition) is 2. The molecule has 2 atom stereocenters. The number of rotatable bonds is 4. The zero-order chi connectivity index (χ0) is 25.8. The quantitative estimate of drug-likeness (QED) is 0.343. The lowest BCUT2D eigenvalue weighted by molar-refractivity contribution is 0.556. The number of hydrogen-bond acceptors (Lipinski definition) is 7. The van der Waals surface area contributed by atoms with Crippen molar-refractivity contribution < 1.29 is 8.78 Å².